The molecular formula is C18H13BrN4O. The number of nitriles is 1. The third kappa shape index (κ3) is 3.21. The number of carbonyl (C=O) groups excluding carboxylic acids is 1. The third-order valence-corrected chi connectivity index (χ3v) is 3.92. The Labute approximate surface area is 147 Å². The Bertz CT molecular complexity index is 978. The summed E-state index contributed by atoms with van der Waals surface area (Å²) in [6.45, 7) is 1.45. The Kier molecular flexibility index (Phi) is 4.45. The number of hydrogen-bond donors (Lipinski definition) is 2. The van der Waals surface area contributed by atoms with Crippen molar-refractivity contribution in [3.8, 4) is 6.07 Å². The van der Waals surface area contributed by atoms with Crippen molar-refractivity contribution < 1.29 is 4.79 Å². The SMILES string of the molecule is CC(=O)Nc1cccc2c(Nc3cccc(Br)c3)c(C#N)cnc12. The minimum absolute atomic E-state index is 0.171. The molecule has 118 valence electrons. The van der Waals surface area contributed by atoms with Crippen LogP contribution in [0.25, 0.3) is 10.9 Å². The van der Waals surface area contributed by atoms with E-state index >= 15 is 0 Å². The van der Waals surface area contributed by atoms with Crippen molar-refractivity contribution in [2.45, 2.75) is 6.92 Å². The second-order valence-corrected chi connectivity index (χ2v) is 6.09. The molecule has 0 radical (unpaired) electrons. The highest BCUT2D eigenvalue weighted by Crippen LogP contribution is 2.32. The second kappa shape index (κ2) is 6.69. The number of pyridine rings is 1. The first-order valence-corrected chi connectivity index (χ1v) is 8.00. The number of carbonyl (C=O) groups is 1. The predicted molar refractivity (Wildman–Crippen MR) is 98.2 cm³/mol. The Morgan fingerprint density at radius 3 is 2.75 bits per heavy atom. The van der Waals surface area contributed by atoms with E-state index in [1.165, 1.54) is 13.1 Å². The number of para-hydroxylation sites is 1. The standard InChI is InChI=1S/C18H13BrN4O/c1-11(24)22-16-7-3-6-15-17(12(9-20)10-21-18(15)16)23-14-5-2-4-13(19)8-14/h2-8,10H,1H3,(H,21,23)(H,22,24). The lowest BCUT2D eigenvalue weighted by Gasteiger charge is -2.13. The first-order chi connectivity index (χ1) is 11.6. The number of anilines is 3. The summed E-state index contributed by atoms with van der Waals surface area (Å²) in [6.07, 6.45) is 1.51. The molecule has 1 amide bonds. The van der Waals surface area contributed by atoms with Crippen LogP contribution in [-0.2, 0) is 4.79 Å². The third-order valence-electron chi connectivity index (χ3n) is 3.42. The van der Waals surface area contributed by atoms with Gasteiger partial charge in [-0.15, -0.1) is 0 Å². The molecule has 0 unspecified atom stereocenters. The van der Waals surface area contributed by atoms with Crippen LogP contribution in [0, 0.1) is 11.3 Å². The monoisotopic (exact) mass is 380 g/mol. The Morgan fingerprint density at radius 1 is 1.25 bits per heavy atom. The molecule has 5 nitrogen and oxygen atoms in total. The number of amides is 1. The summed E-state index contributed by atoms with van der Waals surface area (Å²) in [7, 11) is 0. The molecular weight excluding hydrogens is 368 g/mol. The molecule has 1 aromatic heterocycles. The van der Waals surface area contributed by atoms with E-state index in [2.05, 4.69) is 37.6 Å². The number of aromatic nitrogens is 1. The molecule has 0 saturated carbocycles. The highest BCUT2D eigenvalue weighted by Gasteiger charge is 2.12. The fraction of sp³-hybridized carbons (Fsp3) is 0.0556. The molecule has 3 aromatic rings. The van der Waals surface area contributed by atoms with E-state index in [1.807, 2.05) is 36.4 Å². The van der Waals surface area contributed by atoms with Crippen LogP contribution in [0.3, 0.4) is 0 Å². The van der Waals surface area contributed by atoms with Crippen LogP contribution in [-0.4, -0.2) is 10.9 Å². The zero-order valence-electron chi connectivity index (χ0n) is 12.8. The molecule has 0 spiro atoms. The van der Waals surface area contributed by atoms with Crippen LogP contribution in [0.2, 0.25) is 0 Å². The van der Waals surface area contributed by atoms with E-state index in [4.69, 9.17) is 0 Å². The van der Waals surface area contributed by atoms with Crippen LogP contribution in [0.5, 0.6) is 0 Å². The second-order valence-electron chi connectivity index (χ2n) is 5.18. The highest BCUT2D eigenvalue weighted by molar-refractivity contribution is 9.10. The summed E-state index contributed by atoms with van der Waals surface area (Å²) >= 11 is 3.43. The molecule has 0 fully saturated rings. The molecule has 24 heavy (non-hydrogen) atoms. The predicted octanol–water partition coefficient (Wildman–Crippen LogP) is 4.57. The van der Waals surface area contributed by atoms with Gasteiger partial charge in [-0.1, -0.05) is 34.1 Å². The minimum Gasteiger partial charge on any atom is -0.354 e. The molecule has 3 rings (SSSR count). The molecule has 2 aromatic carbocycles. The number of fused-ring (bicyclic) bond motifs is 1. The molecule has 0 aliphatic heterocycles. The molecule has 0 aliphatic rings. The maximum atomic E-state index is 11.4. The molecule has 0 bridgehead atoms. The van der Waals surface area contributed by atoms with Crippen LogP contribution in [0.1, 0.15) is 12.5 Å². The summed E-state index contributed by atoms with van der Waals surface area (Å²) < 4.78 is 0.934. The van der Waals surface area contributed by atoms with E-state index in [0.29, 0.717) is 22.5 Å². The maximum absolute atomic E-state index is 11.4. The first kappa shape index (κ1) is 16.0. The van der Waals surface area contributed by atoms with Gasteiger partial charge in [0.15, 0.2) is 0 Å². The van der Waals surface area contributed by atoms with Gasteiger partial charge >= 0.3 is 0 Å². The Hall–Kier alpha value is -2.91. The average molecular weight is 381 g/mol. The van der Waals surface area contributed by atoms with Gasteiger partial charge in [0, 0.05) is 28.7 Å². The molecule has 1 heterocycles. The fourth-order valence-electron chi connectivity index (χ4n) is 2.44. The van der Waals surface area contributed by atoms with Gasteiger partial charge in [-0.05, 0) is 24.3 Å². The molecule has 2 N–H and O–H groups in total. The maximum Gasteiger partial charge on any atom is 0.221 e. The normalized spacial score (nSPS) is 10.2. The zero-order valence-corrected chi connectivity index (χ0v) is 14.4. The lowest BCUT2D eigenvalue weighted by Crippen LogP contribution is -2.07. The number of rotatable bonds is 3. The van der Waals surface area contributed by atoms with E-state index in [1.54, 1.807) is 6.07 Å². The first-order valence-electron chi connectivity index (χ1n) is 7.20. The summed E-state index contributed by atoms with van der Waals surface area (Å²) in [6, 6.07) is 15.3. The lowest BCUT2D eigenvalue weighted by atomic mass is 10.1. The van der Waals surface area contributed by atoms with Crippen LogP contribution in [0.15, 0.2) is 53.1 Å². The van der Waals surface area contributed by atoms with Crippen LogP contribution < -0.4 is 10.6 Å². The van der Waals surface area contributed by atoms with E-state index in [0.717, 1.165) is 15.5 Å². The molecule has 0 atom stereocenters. The number of nitrogens with one attached hydrogen (secondary N) is 2. The van der Waals surface area contributed by atoms with E-state index in [-0.39, 0.29) is 5.91 Å². The van der Waals surface area contributed by atoms with E-state index in [9.17, 15) is 10.1 Å². The van der Waals surface area contributed by atoms with Crippen molar-refractivity contribution >= 4 is 49.8 Å². The van der Waals surface area contributed by atoms with Crippen molar-refractivity contribution in [3.05, 3.63) is 58.7 Å². The Balaban J connectivity index is 2.17. The number of halogens is 1. The van der Waals surface area contributed by atoms with Crippen LogP contribution >= 0.6 is 15.9 Å². The van der Waals surface area contributed by atoms with Gasteiger partial charge in [-0.2, -0.15) is 5.26 Å². The van der Waals surface area contributed by atoms with Crippen molar-refractivity contribution in [2.24, 2.45) is 0 Å². The zero-order chi connectivity index (χ0) is 17.1. The van der Waals surface area contributed by atoms with Crippen molar-refractivity contribution in [1.29, 1.82) is 5.26 Å². The molecule has 6 heteroatoms. The summed E-state index contributed by atoms with van der Waals surface area (Å²) in [4.78, 5) is 15.7. The smallest absolute Gasteiger partial charge is 0.221 e. The minimum atomic E-state index is -0.171. The largest absolute Gasteiger partial charge is 0.354 e. The highest BCUT2D eigenvalue weighted by atomic mass is 79.9. The van der Waals surface area contributed by atoms with Gasteiger partial charge in [0.2, 0.25) is 5.91 Å². The van der Waals surface area contributed by atoms with Gasteiger partial charge in [0.25, 0.3) is 0 Å². The van der Waals surface area contributed by atoms with Gasteiger partial charge in [-0.25, -0.2) is 0 Å². The van der Waals surface area contributed by atoms with Crippen molar-refractivity contribution in [2.75, 3.05) is 10.6 Å². The Morgan fingerprint density at radius 2 is 2.04 bits per heavy atom. The quantitative estimate of drug-likeness (QED) is 0.697. The number of benzene rings is 2. The summed E-state index contributed by atoms with van der Waals surface area (Å²) in [5.74, 6) is -0.171. The van der Waals surface area contributed by atoms with Crippen molar-refractivity contribution in [1.82, 2.24) is 4.98 Å². The topological polar surface area (TPSA) is 77.8 Å². The molecule has 0 saturated heterocycles. The number of nitrogens with zero attached hydrogens (tertiary/aromatic N) is 2. The summed E-state index contributed by atoms with van der Waals surface area (Å²) in [5, 5.41) is 16.2. The van der Waals surface area contributed by atoms with Crippen molar-refractivity contribution in [3.63, 3.8) is 0 Å². The van der Waals surface area contributed by atoms with Crippen LogP contribution in [0.4, 0.5) is 17.1 Å². The lowest BCUT2D eigenvalue weighted by molar-refractivity contribution is -0.114. The fourth-order valence-corrected chi connectivity index (χ4v) is 2.84. The van der Waals surface area contributed by atoms with E-state index < -0.39 is 0 Å². The van der Waals surface area contributed by atoms with Gasteiger partial charge < -0.3 is 10.6 Å². The average Bonchev–Trinajstić information content (AvgIpc) is 2.55. The van der Waals surface area contributed by atoms with Gasteiger partial charge in [-0.3, -0.25) is 9.78 Å². The number of hydrogen-bond acceptors (Lipinski definition) is 4. The van der Waals surface area contributed by atoms with Gasteiger partial charge in [0.05, 0.1) is 22.5 Å². The molecule has 0 aliphatic carbocycles. The summed E-state index contributed by atoms with van der Waals surface area (Å²) in [5.41, 5.74) is 3.18. The van der Waals surface area contributed by atoms with Gasteiger partial charge in [0.1, 0.15) is 6.07 Å².